The van der Waals surface area contributed by atoms with E-state index in [9.17, 15) is 9.18 Å². The van der Waals surface area contributed by atoms with Gasteiger partial charge in [-0.3, -0.25) is 4.79 Å². The predicted molar refractivity (Wildman–Crippen MR) is 111 cm³/mol. The van der Waals surface area contributed by atoms with Crippen LogP contribution in [0.25, 0.3) is 17.1 Å². The smallest absolute Gasteiger partial charge is 0.253 e. The zero-order valence-corrected chi connectivity index (χ0v) is 17.1. The van der Waals surface area contributed by atoms with Crippen LogP contribution >= 0.6 is 0 Å². The molecule has 0 unspecified atom stereocenters. The molecule has 1 atom stereocenters. The van der Waals surface area contributed by atoms with Crippen molar-refractivity contribution in [3.05, 3.63) is 72.1 Å². The number of piperidine rings is 1. The quantitative estimate of drug-likeness (QED) is 0.477. The number of carbonyl (C=O) groups is 1. The van der Waals surface area contributed by atoms with Gasteiger partial charge in [0.15, 0.2) is 0 Å². The minimum Gasteiger partial charge on any atom is -0.339 e. The second-order valence-electron chi connectivity index (χ2n) is 7.76. The summed E-state index contributed by atoms with van der Waals surface area (Å²) in [5.74, 6) is 0.439. The van der Waals surface area contributed by atoms with Crippen LogP contribution in [0, 0.1) is 11.7 Å². The molecule has 1 aliphatic rings. The Hall–Kier alpha value is -3.95. The number of hydrogen-bond acceptors (Lipinski definition) is 7. The van der Waals surface area contributed by atoms with Gasteiger partial charge in [-0.05, 0) is 59.5 Å². The molecule has 4 aromatic rings. The van der Waals surface area contributed by atoms with Crippen molar-refractivity contribution in [3.63, 3.8) is 0 Å². The van der Waals surface area contributed by atoms with Gasteiger partial charge in [0.2, 0.25) is 11.7 Å². The van der Waals surface area contributed by atoms with Crippen molar-refractivity contribution in [1.82, 2.24) is 35.2 Å². The molecule has 10 heteroatoms. The molecule has 2 aromatic heterocycles. The third-order valence-electron chi connectivity index (χ3n) is 5.56. The van der Waals surface area contributed by atoms with Crippen LogP contribution in [0.1, 0.15) is 29.1 Å². The van der Waals surface area contributed by atoms with Gasteiger partial charge in [-0.1, -0.05) is 23.4 Å². The number of tetrazole rings is 1. The first-order valence-corrected chi connectivity index (χ1v) is 10.4. The van der Waals surface area contributed by atoms with Crippen molar-refractivity contribution in [2.45, 2.75) is 19.3 Å². The molecule has 3 heterocycles. The van der Waals surface area contributed by atoms with Gasteiger partial charge in [0.05, 0.1) is 11.3 Å². The summed E-state index contributed by atoms with van der Waals surface area (Å²) >= 11 is 0. The maximum absolute atomic E-state index is 14.0. The Labute approximate surface area is 182 Å². The fourth-order valence-electron chi connectivity index (χ4n) is 4.00. The fourth-order valence-corrected chi connectivity index (χ4v) is 4.00. The van der Waals surface area contributed by atoms with E-state index in [0.29, 0.717) is 36.5 Å². The lowest BCUT2D eigenvalue weighted by Gasteiger charge is -2.32. The van der Waals surface area contributed by atoms with Crippen LogP contribution in [0.3, 0.4) is 0 Å². The number of halogens is 1. The molecule has 0 bridgehead atoms. The number of rotatable bonds is 5. The molecule has 1 fully saturated rings. The summed E-state index contributed by atoms with van der Waals surface area (Å²) in [5.41, 5.74) is 1.62. The van der Waals surface area contributed by atoms with E-state index >= 15 is 0 Å². The summed E-state index contributed by atoms with van der Waals surface area (Å²) in [6.07, 6.45) is 3.86. The molecule has 1 saturated heterocycles. The Kier molecular flexibility index (Phi) is 5.40. The van der Waals surface area contributed by atoms with Crippen molar-refractivity contribution < 1.29 is 13.7 Å². The Balaban J connectivity index is 1.27. The Morgan fingerprint density at radius 3 is 2.94 bits per heavy atom. The standard InChI is InChI=1S/C22H20FN7O2/c23-19-9-2-1-8-18(19)21-25-20(32-26-21)11-15-5-4-10-29(13-15)22(31)16-6-3-7-17(12-16)30-14-24-27-28-30/h1-3,6-9,12,14-15H,4-5,10-11,13H2/t15-/m1/s1. The van der Waals surface area contributed by atoms with Crippen molar-refractivity contribution in [1.29, 1.82) is 0 Å². The Morgan fingerprint density at radius 2 is 2.09 bits per heavy atom. The molecule has 0 N–H and O–H groups in total. The molecular weight excluding hydrogens is 413 g/mol. The van der Waals surface area contributed by atoms with Crippen LogP contribution in [0.2, 0.25) is 0 Å². The molecule has 0 aliphatic carbocycles. The van der Waals surface area contributed by atoms with Crippen LogP contribution in [0.5, 0.6) is 0 Å². The zero-order chi connectivity index (χ0) is 21.9. The monoisotopic (exact) mass is 433 g/mol. The first-order chi connectivity index (χ1) is 15.7. The van der Waals surface area contributed by atoms with Crippen LogP contribution in [0.4, 0.5) is 4.39 Å². The third-order valence-corrected chi connectivity index (χ3v) is 5.56. The highest BCUT2D eigenvalue weighted by Gasteiger charge is 2.26. The molecule has 1 aliphatic heterocycles. The van der Waals surface area contributed by atoms with Crippen molar-refractivity contribution in [2.75, 3.05) is 13.1 Å². The molecular formula is C22H20FN7O2. The van der Waals surface area contributed by atoms with Gasteiger partial charge in [0.1, 0.15) is 12.1 Å². The van der Waals surface area contributed by atoms with E-state index in [2.05, 4.69) is 25.7 Å². The van der Waals surface area contributed by atoms with Crippen LogP contribution in [-0.4, -0.2) is 54.2 Å². The first kappa shape index (κ1) is 20.0. The highest BCUT2D eigenvalue weighted by molar-refractivity contribution is 5.94. The Morgan fingerprint density at radius 1 is 1.19 bits per heavy atom. The second-order valence-corrected chi connectivity index (χ2v) is 7.76. The van der Waals surface area contributed by atoms with Gasteiger partial charge < -0.3 is 9.42 Å². The SMILES string of the molecule is O=C(c1cccc(-n2cnnn2)c1)N1CCC[C@H](Cc2nc(-c3ccccc3F)no2)C1. The lowest BCUT2D eigenvalue weighted by molar-refractivity contribution is 0.0668. The lowest BCUT2D eigenvalue weighted by Crippen LogP contribution is -2.40. The van der Waals surface area contributed by atoms with Gasteiger partial charge in [-0.15, -0.1) is 5.10 Å². The maximum atomic E-state index is 14.0. The van der Waals surface area contributed by atoms with E-state index in [1.54, 1.807) is 30.3 Å². The average molecular weight is 433 g/mol. The van der Waals surface area contributed by atoms with Gasteiger partial charge in [-0.2, -0.15) is 4.98 Å². The van der Waals surface area contributed by atoms with Crippen LogP contribution in [-0.2, 0) is 6.42 Å². The van der Waals surface area contributed by atoms with E-state index in [1.807, 2.05) is 17.0 Å². The summed E-state index contributed by atoms with van der Waals surface area (Å²) in [4.78, 5) is 19.3. The van der Waals surface area contributed by atoms with E-state index in [0.717, 1.165) is 18.5 Å². The number of nitrogens with zero attached hydrogens (tertiary/aromatic N) is 7. The molecule has 162 valence electrons. The summed E-state index contributed by atoms with van der Waals surface area (Å²) in [5, 5.41) is 15.1. The van der Waals surface area contributed by atoms with Gasteiger partial charge in [0, 0.05) is 25.1 Å². The van der Waals surface area contributed by atoms with Crippen molar-refractivity contribution in [3.8, 4) is 17.1 Å². The number of benzene rings is 2. The molecule has 5 rings (SSSR count). The topological polar surface area (TPSA) is 103 Å². The van der Waals surface area contributed by atoms with E-state index in [1.165, 1.54) is 17.1 Å². The predicted octanol–water partition coefficient (Wildman–Crippen LogP) is 2.95. The van der Waals surface area contributed by atoms with Crippen molar-refractivity contribution >= 4 is 5.91 Å². The number of aromatic nitrogens is 6. The molecule has 0 saturated carbocycles. The molecule has 0 radical (unpaired) electrons. The molecule has 2 aromatic carbocycles. The molecule has 32 heavy (non-hydrogen) atoms. The lowest BCUT2D eigenvalue weighted by atomic mass is 9.94. The van der Waals surface area contributed by atoms with Crippen LogP contribution < -0.4 is 0 Å². The zero-order valence-electron chi connectivity index (χ0n) is 17.1. The summed E-state index contributed by atoms with van der Waals surface area (Å²) in [6.45, 7) is 1.28. The number of amides is 1. The van der Waals surface area contributed by atoms with E-state index in [-0.39, 0.29) is 17.6 Å². The maximum Gasteiger partial charge on any atom is 0.253 e. The third kappa shape index (κ3) is 4.11. The van der Waals surface area contributed by atoms with Crippen LogP contribution in [0.15, 0.2) is 59.4 Å². The van der Waals surface area contributed by atoms with Gasteiger partial charge in [-0.25, -0.2) is 9.07 Å². The van der Waals surface area contributed by atoms with Crippen molar-refractivity contribution in [2.24, 2.45) is 5.92 Å². The van der Waals surface area contributed by atoms with E-state index < -0.39 is 5.82 Å². The molecule has 1 amide bonds. The molecule has 0 spiro atoms. The summed E-state index contributed by atoms with van der Waals surface area (Å²) in [6, 6.07) is 13.6. The number of carbonyl (C=O) groups excluding carboxylic acids is 1. The average Bonchev–Trinajstić information content (AvgIpc) is 3.52. The highest BCUT2D eigenvalue weighted by atomic mass is 19.1. The molecule has 9 nitrogen and oxygen atoms in total. The largest absolute Gasteiger partial charge is 0.339 e. The summed E-state index contributed by atoms with van der Waals surface area (Å²) < 4.78 is 20.9. The normalized spacial score (nSPS) is 16.3. The second kappa shape index (κ2) is 8.66. The van der Waals surface area contributed by atoms with Gasteiger partial charge >= 0.3 is 0 Å². The number of hydrogen-bond donors (Lipinski definition) is 0. The summed E-state index contributed by atoms with van der Waals surface area (Å²) in [7, 11) is 0. The Bertz CT molecular complexity index is 1220. The minimum absolute atomic E-state index is 0.0396. The first-order valence-electron chi connectivity index (χ1n) is 10.4. The fraction of sp³-hybridized carbons (Fsp3) is 0.273. The van der Waals surface area contributed by atoms with E-state index in [4.69, 9.17) is 4.52 Å². The minimum atomic E-state index is -0.391. The highest BCUT2D eigenvalue weighted by Crippen LogP contribution is 2.24. The van der Waals surface area contributed by atoms with Gasteiger partial charge in [0.25, 0.3) is 5.91 Å². The number of likely N-dealkylation sites (tertiary alicyclic amines) is 1.